The first-order valence-corrected chi connectivity index (χ1v) is 5.48. The Kier molecular flexibility index (Phi) is 2.17. The van der Waals surface area contributed by atoms with Crippen LogP contribution < -0.4 is 10.9 Å². The highest BCUT2D eigenvalue weighted by molar-refractivity contribution is 5.45. The van der Waals surface area contributed by atoms with Gasteiger partial charge < -0.3 is 5.32 Å². The first-order chi connectivity index (χ1) is 6.89. The van der Waals surface area contributed by atoms with Crippen LogP contribution in [0.4, 0.5) is 5.82 Å². The highest BCUT2D eigenvalue weighted by Crippen LogP contribution is 2.21. The Hall–Kier alpha value is -1.19. The second-order valence-corrected chi connectivity index (χ2v) is 5.47. The topological polar surface area (TPSA) is 49.8 Å². The van der Waals surface area contributed by atoms with Crippen LogP contribution in [0.3, 0.4) is 0 Å². The molecule has 84 valence electrons. The Morgan fingerprint density at radius 1 is 1.40 bits per heavy atom. The van der Waals surface area contributed by atoms with Crippen LogP contribution in [-0.2, 0) is 12.0 Å². The van der Waals surface area contributed by atoms with Crippen LogP contribution in [0.1, 0.15) is 33.3 Å². The molecule has 0 bridgehead atoms. The molecule has 0 aliphatic carbocycles. The van der Waals surface area contributed by atoms with Crippen molar-refractivity contribution in [2.45, 2.75) is 39.7 Å². The Morgan fingerprint density at radius 2 is 2.07 bits per heavy atom. The number of rotatable bonds is 0. The predicted molar refractivity (Wildman–Crippen MR) is 61.4 cm³/mol. The van der Waals surface area contributed by atoms with Crippen LogP contribution in [0.15, 0.2) is 4.79 Å². The van der Waals surface area contributed by atoms with E-state index in [0.717, 1.165) is 24.3 Å². The van der Waals surface area contributed by atoms with Crippen LogP contribution in [0.25, 0.3) is 0 Å². The van der Waals surface area contributed by atoms with Crippen LogP contribution in [-0.4, -0.2) is 16.3 Å². The lowest BCUT2D eigenvalue weighted by Gasteiger charge is -2.19. The van der Waals surface area contributed by atoms with Crippen LogP contribution in [0.2, 0.25) is 0 Å². The van der Waals surface area contributed by atoms with Crippen molar-refractivity contribution in [3.8, 4) is 0 Å². The quantitative estimate of drug-likeness (QED) is 0.681. The Labute approximate surface area is 89.7 Å². The molecule has 1 aromatic rings. The molecule has 1 aliphatic heterocycles. The SMILES string of the molecule is C[C@H]1CNc2[nH]n(C(C)(C)C)c(=O)c2C1. The maximum atomic E-state index is 12.1. The average Bonchev–Trinajstić information content (AvgIpc) is 2.43. The molecule has 0 radical (unpaired) electrons. The van der Waals surface area contributed by atoms with Crippen LogP contribution in [0, 0.1) is 5.92 Å². The summed E-state index contributed by atoms with van der Waals surface area (Å²) in [7, 11) is 0. The Bertz CT molecular complexity index is 422. The van der Waals surface area contributed by atoms with Gasteiger partial charge in [-0.05, 0) is 33.1 Å². The van der Waals surface area contributed by atoms with Crippen molar-refractivity contribution >= 4 is 5.82 Å². The highest BCUT2D eigenvalue weighted by Gasteiger charge is 2.25. The highest BCUT2D eigenvalue weighted by atomic mass is 16.1. The van der Waals surface area contributed by atoms with Crippen molar-refractivity contribution in [1.29, 1.82) is 0 Å². The summed E-state index contributed by atoms with van der Waals surface area (Å²) in [6, 6.07) is 0. The lowest BCUT2D eigenvalue weighted by atomic mass is 9.99. The molecule has 0 saturated heterocycles. The summed E-state index contributed by atoms with van der Waals surface area (Å²) >= 11 is 0. The first-order valence-electron chi connectivity index (χ1n) is 5.48. The van der Waals surface area contributed by atoms with Gasteiger partial charge in [-0.15, -0.1) is 0 Å². The molecule has 0 aromatic carbocycles. The van der Waals surface area contributed by atoms with Crippen molar-refractivity contribution in [2.24, 2.45) is 5.92 Å². The summed E-state index contributed by atoms with van der Waals surface area (Å²) in [4.78, 5) is 12.1. The molecule has 0 saturated carbocycles. The summed E-state index contributed by atoms with van der Waals surface area (Å²) in [5.74, 6) is 1.45. The number of nitrogens with one attached hydrogen (secondary N) is 2. The predicted octanol–water partition coefficient (Wildman–Crippen LogP) is 1.54. The lowest BCUT2D eigenvalue weighted by molar-refractivity contribution is 0.346. The van der Waals surface area contributed by atoms with Gasteiger partial charge in [0.15, 0.2) is 0 Å². The molecule has 0 fully saturated rings. The summed E-state index contributed by atoms with van der Waals surface area (Å²) in [5.41, 5.74) is 0.847. The zero-order valence-electron chi connectivity index (χ0n) is 9.85. The summed E-state index contributed by atoms with van der Waals surface area (Å²) < 4.78 is 1.71. The molecule has 1 atom stereocenters. The van der Waals surface area contributed by atoms with Gasteiger partial charge in [-0.2, -0.15) is 0 Å². The van der Waals surface area contributed by atoms with Crippen molar-refractivity contribution in [3.63, 3.8) is 0 Å². The van der Waals surface area contributed by atoms with E-state index in [1.807, 2.05) is 20.8 Å². The second-order valence-electron chi connectivity index (χ2n) is 5.47. The number of nitrogens with zero attached hydrogens (tertiary/aromatic N) is 1. The van der Waals surface area contributed by atoms with E-state index in [2.05, 4.69) is 17.3 Å². The van der Waals surface area contributed by atoms with E-state index in [1.54, 1.807) is 4.68 Å². The summed E-state index contributed by atoms with van der Waals surface area (Å²) in [6.45, 7) is 9.18. The molecule has 0 unspecified atom stereocenters. The molecular formula is C11H19N3O. The van der Waals surface area contributed by atoms with Crippen LogP contribution in [0.5, 0.6) is 0 Å². The van der Waals surface area contributed by atoms with Crippen molar-refractivity contribution in [3.05, 3.63) is 15.9 Å². The molecule has 4 heteroatoms. The zero-order chi connectivity index (χ0) is 11.2. The van der Waals surface area contributed by atoms with E-state index in [9.17, 15) is 4.79 Å². The molecule has 2 N–H and O–H groups in total. The second kappa shape index (κ2) is 3.15. The van der Waals surface area contributed by atoms with E-state index in [-0.39, 0.29) is 11.1 Å². The van der Waals surface area contributed by atoms with Gasteiger partial charge in [-0.25, -0.2) is 4.68 Å². The van der Waals surface area contributed by atoms with E-state index in [0.29, 0.717) is 5.92 Å². The number of anilines is 1. The molecule has 1 aliphatic rings. The Morgan fingerprint density at radius 3 is 2.67 bits per heavy atom. The number of aromatic amines is 1. The van der Waals surface area contributed by atoms with Crippen molar-refractivity contribution in [1.82, 2.24) is 9.78 Å². The number of hydrogen-bond acceptors (Lipinski definition) is 2. The van der Waals surface area contributed by atoms with Gasteiger partial charge in [0.25, 0.3) is 5.56 Å². The number of fused-ring (bicyclic) bond motifs is 1. The fraction of sp³-hybridized carbons (Fsp3) is 0.727. The third-order valence-corrected chi connectivity index (χ3v) is 2.84. The zero-order valence-corrected chi connectivity index (χ0v) is 9.85. The average molecular weight is 209 g/mol. The Balaban J connectivity index is 2.51. The van der Waals surface area contributed by atoms with Gasteiger partial charge >= 0.3 is 0 Å². The largest absolute Gasteiger partial charge is 0.370 e. The molecule has 0 spiro atoms. The normalized spacial score (nSPS) is 20.9. The van der Waals surface area contributed by atoms with Crippen molar-refractivity contribution < 1.29 is 0 Å². The monoisotopic (exact) mass is 209 g/mol. The van der Waals surface area contributed by atoms with Gasteiger partial charge in [0.2, 0.25) is 0 Å². The third-order valence-electron chi connectivity index (χ3n) is 2.84. The maximum Gasteiger partial charge on any atom is 0.272 e. The van der Waals surface area contributed by atoms with Gasteiger partial charge in [0.1, 0.15) is 5.82 Å². The van der Waals surface area contributed by atoms with E-state index in [4.69, 9.17) is 0 Å². The molecule has 2 heterocycles. The fourth-order valence-electron chi connectivity index (χ4n) is 1.98. The molecular weight excluding hydrogens is 190 g/mol. The van der Waals surface area contributed by atoms with Crippen LogP contribution >= 0.6 is 0 Å². The minimum Gasteiger partial charge on any atom is -0.370 e. The minimum atomic E-state index is -0.181. The van der Waals surface area contributed by atoms with E-state index < -0.39 is 0 Å². The maximum absolute atomic E-state index is 12.1. The molecule has 2 rings (SSSR count). The first kappa shape index (κ1) is 10.3. The number of H-pyrrole nitrogens is 1. The molecule has 15 heavy (non-hydrogen) atoms. The van der Waals surface area contributed by atoms with Gasteiger partial charge in [0.05, 0.1) is 11.1 Å². The van der Waals surface area contributed by atoms with Gasteiger partial charge in [-0.3, -0.25) is 9.89 Å². The fourth-order valence-corrected chi connectivity index (χ4v) is 1.98. The van der Waals surface area contributed by atoms with Crippen molar-refractivity contribution in [2.75, 3.05) is 11.9 Å². The number of hydrogen-bond donors (Lipinski definition) is 2. The molecule has 4 nitrogen and oxygen atoms in total. The third kappa shape index (κ3) is 1.68. The van der Waals surface area contributed by atoms with E-state index in [1.165, 1.54) is 0 Å². The lowest BCUT2D eigenvalue weighted by Crippen LogP contribution is -2.33. The standard InChI is InChI=1S/C11H19N3O/c1-7-5-8-9(12-6-7)13-14(10(8)15)11(2,3)4/h7,12-13H,5-6H2,1-4H3/t7-/m1/s1. The van der Waals surface area contributed by atoms with E-state index >= 15 is 0 Å². The minimum absolute atomic E-state index is 0.122. The van der Waals surface area contributed by atoms with Gasteiger partial charge in [-0.1, -0.05) is 6.92 Å². The number of aromatic nitrogens is 2. The molecule has 1 aromatic heterocycles. The molecule has 0 amide bonds. The smallest absolute Gasteiger partial charge is 0.272 e. The summed E-state index contributed by atoms with van der Waals surface area (Å²) in [6.07, 6.45) is 0.876. The van der Waals surface area contributed by atoms with Gasteiger partial charge in [0, 0.05) is 6.54 Å². The summed E-state index contributed by atoms with van der Waals surface area (Å²) in [5, 5.41) is 6.42.